The number of unbranched alkanes of at least 4 members (excludes halogenated alkanes) is 11. The van der Waals surface area contributed by atoms with E-state index in [0.29, 0.717) is 0 Å². The molecule has 0 spiro atoms. The number of allylic oxidation sites excluding steroid dienone is 2. The fourth-order valence-electron chi connectivity index (χ4n) is 3.45. The molecule has 0 aliphatic rings. The van der Waals surface area contributed by atoms with E-state index in [1.165, 1.54) is 109 Å². The SMILES string of the molecule is CCCCCCCCCC=CCC(CCC)CCCCCCC. The molecule has 0 aliphatic carbocycles. The molecule has 0 fully saturated rings. The smallest absolute Gasteiger partial charge is 0.0322 e. The van der Waals surface area contributed by atoms with Crippen molar-refractivity contribution in [3.63, 3.8) is 0 Å². The van der Waals surface area contributed by atoms with Gasteiger partial charge in [-0.15, -0.1) is 0 Å². The van der Waals surface area contributed by atoms with Crippen LogP contribution in [0, 0.1) is 5.92 Å². The molecule has 0 heteroatoms. The summed E-state index contributed by atoms with van der Waals surface area (Å²) >= 11 is 0. The second-order valence-corrected chi connectivity index (χ2v) is 7.47. The Hall–Kier alpha value is -0.260. The largest absolute Gasteiger partial charge is 0.0885 e. The maximum atomic E-state index is 2.49. The van der Waals surface area contributed by atoms with Crippen molar-refractivity contribution in [1.29, 1.82) is 0 Å². The Balaban J connectivity index is 3.53. The number of hydrogen-bond donors (Lipinski definition) is 0. The van der Waals surface area contributed by atoms with Gasteiger partial charge in [0.15, 0.2) is 0 Å². The minimum Gasteiger partial charge on any atom is -0.0885 e. The molecule has 0 saturated heterocycles. The molecule has 0 heterocycles. The molecule has 0 nitrogen and oxygen atoms in total. The standard InChI is InChI=1S/C23H46/c1-4-7-9-11-12-13-14-15-17-19-22-23(20-6-3)21-18-16-10-8-5-2/h17,19,23H,4-16,18,20-22H2,1-3H3. The van der Waals surface area contributed by atoms with Gasteiger partial charge >= 0.3 is 0 Å². The van der Waals surface area contributed by atoms with Crippen molar-refractivity contribution < 1.29 is 0 Å². The maximum absolute atomic E-state index is 2.49. The summed E-state index contributed by atoms with van der Waals surface area (Å²) in [5.74, 6) is 0.951. The van der Waals surface area contributed by atoms with Crippen molar-refractivity contribution in [1.82, 2.24) is 0 Å². The lowest BCUT2D eigenvalue weighted by molar-refractivity contribution is 0.423. The first-order valence-electron chi connectivity index (χ1n) is 11.0. The van der Waals surface area contributed by atoms with Crippen molar-refractivity contribution in [3.05, 3.63) is 12.2 Å². The second kappa shape index (κ2) is 19.8. The predicted octanol–water partition coefficient (Wildman–Crippen LogP) is 8.85. The summed E-state index contributed by atoms with van der Waals surface area (Å²) in [5, 5.41) is 0. The van der Waals surface area contributed by atoms with E-state index in [1.54, 1.807) is 0 Å². The third-order valence-electron chi connectivity index (χ3n) is 5.02. The van der Waals surface area contributed by atoms with Gasteiger partial charge in [0.25, 0.3) is 0 Å². The minimum absolute atomic E-state index is 0.951. The molecule has 1 atom stereocenters. The summed E-state index contributed by atoms with van der Waals surface area (Å²) < 4.78 is 0. The third kappa shape index (κ3) is 17.9. The quantitative estimate of drug-likeness (QED) is 0.174. The molecule has 0 saturated carbocycles. The molecule has 0 aromatic heterocycles. The zero-order valence-electron chi connectivity index (χ0n) is 16.8. The van der Waals surface area contributed by atoms with Crippen LogP contribution in [-0.4, -0.2) is 0 Å². The molecule has 23 heavy (non-hydrogen) atoms. The van der Waals surface area contributed by atoms with Crippen LogP contribution in [0.2, 0.25) is 0 Å². The topological polar surface area (TPSA) is 0 Å². The van der Waals surface area contributed by atoms with Crippen LogP contribution in [0.5, 0.6) is 0 Å². The van der Waals surface area contributed by atoms with Gasteiger partial charge in [-0.3, -0.25) is 0 Å². The van der Waals surface area contributed by atoms with Gasteiger partial charge in [0.05, 0.1) is 0 Å². The van der Waals surface area contributed by atoms with Crippen LogP contribution >= 0.6 is 0 Å². The van der Waals surface area contributed by atoms with Gasteiger partial charge in [0.2, 0.25) is 0 Å². The fourth-order valence-corrected chi connectivity index (χ4v) is 3.45. The van der Waals surface area contributed by atoms with Crippen molar-refractivity contribution in [2.24, 2.45) is 5.92 Å². The molecule has 0 bridgehead atoms. The lowest BCUT2D eigenvalue weighted by Gasteiger charge is -2.13. The van der Waals surface area contributed by atoms with E-state index in [1.807, 2.05) is 0 Å². The van der Waals surface area contributed by atoms with Crippen LogP contribution in [0.1, 0.15) is 130 Å². The van der Waals surface area contributed by atoms with E-state index in [2.05, 4.69) is 32.9 Å². The van der Waals surface area contributed by atoms with E-state index >= 15 is 0 Å². The van der Waals surface area contributed by atoms with Crippen molar-refractivity contribution in [3.8, 4) is 0 Å². The van der Waals surface area contributed by atoms with E-state index in [-0.39, 0.29) is 0 Å². The Morgan fingerprint density at radius 3 is 1.70 bits per heavy atom. The van der Waals surface area contributed by atoms with Gasteiger partial charge in [0.1, 0.15) is 0 Å². The monoisotopic (exact) mass is 322 g/mol. The first-order chi connectivity index (χ1) is 11.3. The average molecular weight is 323 g/mol. The van der Waals surface area contributed by atoms with Gasteiger partial charge in [0, 0.05) is 0 Å². The molecule has 0 N–H and O–H groups in total. The lowest BCUT2D eigenvalue weighted by atomic mass is 9.93. The Morgan fingerprint density at radius 2 is 1.09 bits per heavy atom. The molecule has 0 radical (unpaired) electrons. The van der Waals surface area contributed by atoms with E-state index in [0.717, 1.165) is 5.92 Å². The molecular formula is C23H46. The van der Waals surface area contributed by atoms with Crippen molar-refractivity contribution in [2.45, 2.75) is 130 Å². The Morgan fingerprint density at radius 1 is 0.522 bits per heavy atom. The van der Waals surface area contributed by atoms with Crippen LogP contribution in [0.15, 0.2) is 12.2 Å². The van der Waals surface area contributed by atoms with Crippen molar-refractivity contribution >= 4 is 0 Å². The molecule has 0 rings (SSSR count). The minimum atomic E-state index is 0.951. The fraction of sp³-hybridized carbons (Fsp3) is 0.913. The number of hydrogen-bond acceptors (Lipinski definition) is 0. The Kier molecular flexibility index (Phi) is 19.6. The highest BCUT2D eigenvalue weighted by Crippen LogP contribution is 2.20. The first kappa shape index (κ1) is 22.7. The van der Waals surface area contributed by atoms with Crippen LogP contribution in [0.3, 0.4) is 0 Å². The van der Waals surface area contributed by atoms with Gasteiger partial charge < -0.3 is 0 Å². The summed E-state index contributed by atoms with van der Waals surface area (Å²) in [6.45, 7) is 6.93. The summed E-state index contributed by atoms with van der Waals surface area (Å²) in [6, 6.07) is 0. The van der Waals surface area contributed by atoms with E-state index in [9.17, 15) is 0 Å². The number of rotatable bonds is 18. The van der Waals surface area contributed by atoms with Crippen LogP contribution in [0.4, 0.5) is 0 Å². The highest BCUT2D eigenvalue weighted by atomic mass is 14.1. The summed E-state index contributed by atoms with van der Waals surface area (Å²) in [6.07, 6.45) is 28.9. The normalized spacial score (nSPS) is 13.0. The van der Waals surface area contributed by atoms with Crippen LogP contribution in [-0.2, 0) is 0 Å². The molecular weight excluding hydrogens is 276 g/mol. The van der Waals surface area contributed by atoms with Gasteiger partial charge in [-0.2, -0.15) is 0 Å². The Labute approximate surface area is 148 Å². The first-order valence-corrected chi connectivity index (χ1v) is 11.0. The van der Waals surface area contributed by atoms with E-state index in [4.69, 9.17) is 0 Å². The summed E-state index contributed by atoms with van der Waals surface area (Å²) in [5.41, 5.74) is 0. The predicted molar refractivity (Wildman–Crippen MR) is 108 cm³/mol. The van der Waals surface area contributed by atoms with Crippen LogP contribution < -0.4 is 0 Å². The van der Waals surface area contributed by atoms with Gasteiger partial charge in [-0.1, -0.05) is 123 Å². The van der Waals surface area contributed by atoms with Gasteiger partial charge in [-0.05, 0) is 25.2 Å². The third-order valence-corrected chi connectivity index (χ3v) is 5.02. The zero-order valence-corrected chi connectivity index (χ0v) is 16.8. The zero-order chi connectivity index (χ0) is 17.0. The molecule has 1 unspecified atom stereocenters. The van der Waals surface area contributed by atoms with E-state index < -0.39 is 0 Å². The maximum Gasteiger partial charge on any atom is -0.0322 e. The van der Waals surface area contributed by atoms with Crippen LogP contribution in [0.25, 0.3) is 0 Å². The highest BCUT2D eigenvalue weighted by molar-refractivity contribution is 4.84. The molecule has 0 aliphatic heterocycles. The van der Waals surface area contributed by atoms with Crippen molar-refractivity contribution in [2.75, 3.05) is 0 Å². The second-order valence-electron chi connectivity index (χ2n) is 7.47. The lowest BCUT2D eigenvalue weighted by Crippen LogP contribution is -1.99. The molecule has 138 valence electrons. The summed E-state index contributed by atoms with van der Waals surface area (Å²) in [7, 11) is 0. The molecule has 0 amide bonds. The van der Waals surface area contributed by atoms with Gasteiger partial charge in [-0.25, -0.2) is 0 Å². The molecule has 0 aromatic carbocycles. The Bertz CT molecular complexity index is 228. The highest BCUT2D eigenvalue weighted by Gasteiger charge is 2.05. The molecule has 0 aromatic rings. The summed E-state index contributed by atoms with van der Waals surface area (Å²) in [4.78, 5) is 0. The average Bonchev–Trinajstić information content (AvgIpc) is 2.56.